The number of nitrogens with zero attached hydrogens (tertiary/aromatic N) is 3. The highest BCUT2D eigenvalue weighted by Crippen LogP contribution is 2.23. The summed E-state index contributed by atoms with van der Waals surface area (Å²) in [5.41, 5.74) is 3.45. The normalized spacial score (nSPS) is 13.1. The number of nitrogens with one attached hydrogen (secondary N) is 1. The quantitative estimate of drug-likeness (QED) is 0.466. The summed E-state index contributed by atoms with van der Waals surface area (Å²) in [7, 11) is 1.57. The molecule has 0 unspecified atom stereocenters. The Morgan fingerprint density at radius 2 is 2.07 bits per heavy atom. The van der Waals surface area contributed by atoms with Crippen LogP contribution in [0.5, 0.6) is 0 Å². The number of likely N-dealkylation sites (N-methyl/N-ethyl adjacent to an activating group) is 1. The molecule has 9 heteroatoms. The molecule has 0 fully saturated rings. The largest absolute Gasteiger partial charge is 0.487 e. The van der Waals surface area contributed by atoms with E-state index >= 15 is 0 Å². The van der Waals surface area contributed by atoms with Crippen molar-refractivity contribution in [2.24, 2.45) is 0 Å². The van der Waals surface area contributed by atoms with Crippen molar-refractivity contribution in [1.29, 1.82) is 0 Å². The van der Waals surface area contributed by atoms with Crippen molar-refractivity contribution in [1.82, 2.24) is 20.0 Å². The van der Waals surface area contributed by atoms with Crippen LogP contribution in [0.25, 0.3) is 0 Å². The van der Waals surface area contributed by atoms with E-state index in [0.29, 0.717) is 25.1 Å². The zero-order valence-electron chi connectivity index (χ0n) is 16.9. The zero-order chi connectivity index (χ0) is 20.9. The number of hydrogen-bond acceptors (Lipinski definition) is 6. The summed E-state index contributed by atoms with van der Waals surface area (Å²) in [4.78, 5) is 38.7. The van der Waals surface area contributed by atoms with Crippen molar-refractivity contribution in [2.45, 2.75) is 46.3 Å². The average Bonchev–Trinajstić information content (AvgIpc) is 3.03. The minimum absolute atomic E-state index is 0.0549. The first-order valence-electron chi connectivity index (χ1n) is 9.07. The van der Waals surface area contributed by atoms with Crippen LogP contribution in [0, 0.1) is 0 Å². The van der Waals surface area contributed by atoms with E-state index in [2.05, 4.69) is 15.9 Å². The van der Waals surface area contributed by atoms with E-state index in [4.69, 9.17) is 9.47 Å². The van der Waals surface area contributed by atoms with Gasteiger partial charge in [-0.05, 0) is 27.7 Å². The van der Waals surface area contributed by atoms with Gasteiger partial charge in [-0.25, -0.2) is 9.59 Å². The van der Waals surface area contributed by atoms with Gasteiger partial charge in [0.2, 0.25) is 0 Å². The minimum atomic E-state index is -0.596. The lowest BCUT2D eigenvalue weighted by molar-refractivity contribution is 0.0222. The maximum atomic E-state index is 12.8. The van der Waals surface area contributed by atoms with Crippen molar-refractivity contribution in [2.75, 3.05) is 26.7 Å². The molecule has 0 radical (unpaired) electrons. The number of carbonyl (C=O) groups is 2. The lowest BCUT2D eigenvalue weighted by Crippen LogP contribution is -2.40. The van der Waals surface area contributed by atoms with E-state index in [0.717, 1.165) is 5.69 Å². The summed E-state index contributed by atoms with van der Waals surface area (Å²) in [6, 6.07) is 0. The molecule has 0 bridgehead atoms. The number of aromatic nitrogens is 2. The topological polar surface area (TPSA) is 105 Å². The van der Waals surface area contributed by atoms with E-state index in [-0.39, 0.29) is 30.4 Å². The van der Waals surface area contributed by atoms with E-state index in [9.17, 15) is 14.4 Å². The second kappa shape index (κ2) is 8.78. The Kier molecular flexibility index (Phi) is 6.67. The van der Waals surface area contributed by atoms with E-state index in [1.807, 2.05) is 0 Å². The van der Waals surface area contributed by atoms with Crippen LogP contribution in [0.1, 0.15) is 49.4 Å². The van der Waals surface area contributed by atoms with Gasteiger partial charge in [0.05, 0.1) is 19.7 Å². The second-order valence-electron chi connectivity index (χ2n) is 7.43. The molecule has 28 heavy (non-hydrogen) atoms. The predicted molar refractivity (Wildman–Crippen MR) is 100 cm³/mol. The molecule has 0 atom stereocenters. The maximum absolute atomic E-state index is 12.8. The molecule has 1 N–H and O–H groups in total. The third-order valence-electron chi connectivity index (χ3n) is 4.02. The van der Waals surface area contributed by atoms with Gasteiger partial charge < -0.3 is 19.3 Å². The van der Waals surface area contributed by atoms with Gasteiger partial charge in [0.25, 0.3) is 5.91 Å². The molecule has 2 heterocycles. The number of ether oxygens (including phenoxy) is 2. The van der Waals surface area contributed by atoms with Gasteiger partial charge in [0, 0.05) is 37.0 Å². The highest BCUT2D eigenvalue weighted by molar-refractivity contribution is 5.94. The fourth-order valence-corrected chi connectivity index (χ4v) is 2.77. The van der Waals surface area contributed by atoms with Gasteiger partial charge in [-0.2, -0.15) is 5.10 Å². The molecule has 0 aliphatic carbocycles. The van der Waals surface area contributed by atoms with Gasteiger partial charge in [0.15, 0.2) is 17.4 Å². The zero-order valence-corrected chi connectivity index (χ0v) is 16.9. The van der Waals surface area contributed by atoms with Crippen LogP contribution in [0.2, 0.25) is 0 Å². The first-order valence-corrected chi connectivity index (χ1v) is 9.07. The molecule has 152 valence electrons. The minimum Gasteiger partial charge on any atom is -0.487 e. The van der Waals surface area contributed by atoms with Gasteiger partial charge in [-0.15, -0.1) is 0 Å². The van der Waals surface area contributed by atoms with Crippen molar-refractivity contribution < 1.29 is 23.9 Å². The molecule has 0 saturated heterocycles. The highest BCUT2D eigenvalue weighted by Gasteiger charge is 2.31. The highest BCUT2D eigenvalue weighted by atomic mass is 16.6. The third-order valence-corrected chi connectivity index (χ3v) is 4.02. The van der Waals surface area contributed by atoms with Crippen LogP contribution in [0.4, 0.5) is 4.79 Å². The van der Waals surface area contributed by atoms with Crippen LogP contribution in [0.15, 0.2) is 11.5 Å². The van der Waals surface area contributed by atoms with Crippen LogP contribution < -0.4 is 0 Å². The average molecular weight is 390 g/mol. The summed E-state index contributed by atoms with van der Waals surface area (Å²) >= 11 is 0. The van der Waals surface area contributed by atoms with Crippen LogP contribution in [0.3, 0.4) is 0 Å². The Bertz CT molecular complexity index is 826. The Labute approximate surface area is 164 Å². The molecule has 1 aromatic rings. The number of rotatable bonds is 5. The van der Waals surface area contributed by atoms with Gasteiger partial charge >= 0.3 is 6.09 Å². The molecule has 9 nitrogen and oxygen atoms in total. The van der Waals surface area contributed by atoms with E-state index in [1.165, 1.54) is 10.8 Å². The fourth-order valence-electron chi connectivity index (χ4n) is 2.77. The third kappa shape index (κ3) is 5.25. The summed E-state index contributed by atoms with van der Waals surface area (Å²) in [5, 5.41) is 7.02. The molecule has 0 saturated carbocycles. The smallest absolute Gasteiger partial charge is 0.410 e. The molecule has 2 rings (SSSR count). The molecule has 1 aliphatic heterocycles. The summed E-state index contributed by atoms with van der Waals surface area (Å²) < 4.78 is 10.7. The van der Waals surface area contributed by atoms with Gasteiger partial charge in [-0.3, -0.25) is 9.89 Å². The first kappa shape index (κ1) is 21.3. The molecule has 1 aromatic heterocycles. The summed E-state index contributed by atoms with van der Waals surface area (Å²) in [6.07, 6.45) is 0.125. The number of hydrogen-bond donors (Lipinski definition) is 1. The van der Waals surface area contributed by atoms with Crippen molar-refractivity contribution in [3.63, 3.8) is 0 Å². The molecule has 1 aliphatic rings. The van der Waals surface area contributed by atoms with Crippen LogP contribution in [-0.4, -0.2) is 70.3 Å². The van der Waals surface area contributed by atoms with Crippen LogP contribution in [-0.2, 0) is 27.2 Å². The van der Waals surface area contributed by atoms with Crippen molar-refractivity contribution >= 4 is 17.9 Å². The SMILES string of the molecule is CCOC(=C=C=O)CN(C)C(=O)c1n[nH]c2c1CN(C(=O)OC(C)(C)C)CC2. The first-order chi connectivity index (χ1) is 13.2. The van der Waals surface area contributed by atoms with Crippen LogP contribution >= 0.6 is 0 Å². The molecular weight excluding hydrogens is 364 g/mol. The van der Waals surface area contributed by atoms with Crippen molar-refractivity contribution in [3.05, 3.63) is 28.4 Å². The maximum Gasteiger partial charge on any atom is 0.410 e. The Morgan fingerprint density at radius 3 is 2.68 bits per heavy atom. The van der Waals surface area contributed by atoms with E-state index < -0.39 is 11.7 Å². The number of carbonyl (C=O) groups excluding carboxylic acids is 3. The molecule has 0 spiro atoms. The molecular formula is C19H26N4O5. The monoisotopic (exact) mass is 390 g/mol. The van der Waals surface area contributed by atoms with Crippen molar-refractivity contribution in [3.8, 4) is 0 Å². The number of fused-ring (bicyclic) bond motifs is 1. The lowest BCUT2D eigenvalue weighted by Gasteiger charge is -2.30. The molecule has 2 amide bonds. The van der Waals surface area contributed by atoms with Gasteiger partial charge in [0.1, 0.15) is 5.60 Å². The molecule has 0 aromatic carbocycles. The number of H-pyrrole nitrogens is 1. The predicted octanol–water partition coefficient (Wildman–Crippen LogP) is 1.68. The fraction of sp³-hybridized carbons (Fsp3) is 0.579. The van der Waals surface area contributed by atoms with Gasteiger partial charge in [-0.1, -0.05) is 0 Å². The summed E-state index contributed by atoms with van der Waals surface area (Å²) in [5.74, 6) is 1.40. The van der Waals surface area contributed by atoms with E-state index in [1.54, 1.807) is 39.6 Å². The Morgan fingerprint density at radius 1 is 1.36 bits per heavy atom. The second-order valence-corrected chi connectivity index (χ2v) is 7.43. The summed E-state index contributed by atoms with van der Waals surface area (Å²) in [6.45, 7) is 8.29. The number of aromatic amines is 1. The lowest BCUT2D eigenvalue weighted by atomic mass is 10.1. The Hall–Kier alpha value is -3.02. The number of amides is 2. The standard InChI is InChI=1S/C19H26N4O5/c1-6-27-13(8-10-24)11-22(5)17(25)16-14-12-23(9-7-15(14)20-21-16)18(26)28-19(2,3)4/h6-7,9,11-12H2,1-5H3,(H,20,21). The Balaban J connectivity index is 2.16.